The lowest BCUT2D eigenvalue weighted by molar-refractivity contribution is -0.142. The van der Waals surface area contributed by atoms with Gasteiger partial charge in [-0.1, -0.05) is 45.4 Å². The molecule has 0 aliphatic rings. The zero-order valence-corrected chi connectivity index (χ0v) is 23.5. The van der Waals surface area contributed by atoms with Gasteiger partial charge in [0.15, 0.2) is 0 Å². The second kappa shape index (κ2) is 13.5. The summed E-state index contributed by atoms with van der Waals surface area (Å²) in [7, 11) is 0. The van der Waals surface area contributed by atoms with E-state index in [1.165, 1.54) is 0 Å². The fraction of sp³-hybridized carbons (Fsp3) is 0.679. The number of carbonyl (C=O) groups is 3. The van der Waals surface area contributed by atoms with Crippen LogP contribution in [-0.4, -0.2) is 47.0 Å². The fourth-order valence-electron chi connectivity index (χ4n) is 4.04. The highest BCUT2D eigenvalue weighted by molar-refractivity contribution is 5.92. The Morgan fingerprint density at radius 1 is 1.00 bits per heavy atom. The standard InChI is InChI=1S/C28H47N3O4/c1-11-13-21(7)29-25(32)24(22-15-14-19(5)20(6)17-22)31(12-2)26(33)23(16-18(3)4)30-27(34)35-28(8,9)10/h14-15,17-18,21,23-24H,11-13,16H2,1-10H3,(H,29,32)(H,30,34). The molecule has 0 aliphatic heterocycles. The lowest BCUT2D eigenvalue weighted by Gasteiger charge is -2.35. The Kier molecular flexibility index (Phi) is 11.7. The van der Waals surface area contributed by atoms with Gasteiger partial charge in [0.25, 0.3) is 0 Å². The van der Waals surface area contributed by atoms with Gasteiger partial charge in [0.1, 0.15) is 17.7 Å². The second-order valence-electron chi connectivity index (χ2n) is 10.9. The molecule has 7 heteroatoms. The number of carbonyl (C=O) groups excluding carboxylic acids is 3. The summed E-state index contributed by atoms with van der Waals surface area (Å²) < 4.78 is 5.41. The largest absolute Gasteiger partial charge is 0.444 e. The first-order valence-electron chi connectivity index (χ1n) is 12.9. The van der Waals surface area contributed by atoms with E-state index in [2.05, 4.69) is 17.6 Å². The van der Waals surface area contributed by atoms with Gasteiger partial charge in [0, 0.05) is 12.6 Å². The zero-order chi connectivity index (χ0) is 26.9. The molecule has 35 heavy (non-hydrogen) atoms. The number of benzene rings is 1. The van der Waals surface area contributed by atoms with Crippen LogP contribution in [-0.2, 0) is 14.3 Å². The average molecular weight is 490 g/mol. The van der Waals surface area contributed by atoms with E-state index in [0.717, 1.165) is 29.5 Å². The molecule has 1 rings (SSSR count). The molecule has 1 aromatic rings. The van der Waals surface area contributed by atoms with Crippen LogP contribution in [0.15, 0.2) is 18.2 Å². The molecule has 0 aromatic heterocycles. The summed E-state index contributed by atoms with van der Waals surface area (Å²) in [6, 6.07) is 4.23. The van der Waals surface area contributed by atoms with Crippen molar-refractivity contribution in [1.29, 1.82) is 0 Å². The maximum absolute atomic E-state index is 13.9. The minimum absolute atomic E-state index is 0.0123. The number of nitrogens with one attached hydrogen (secondary N) is 2. The Hall–Kier alpha value is -2.57. The molecule has 1 aromatic carbocycles. The molecule has 198 valence electrons. The van der Waals surface area contributed by atoms with Crippen molar-refractivity contribution in [2.75, 3.05) is 6.54 Å². The Morgan fingerprint density at radius 2 is 1.63 bits per heavy atom. The number of nitrogens with zero attached hydrogens (tertiary/aromatic N) is 1. The van der Waals surface area contributed by atoms with Gasteiger partial charge < -0.3 is 20.3 Å². The highest BCUT2D eigenvalue weighted by Crippen LogP contribution is 2.26. The molecule has 0 saturated carbocycles. The van der Waals surface area contributed by atoms with Gasteiger partial charge in [0.05, 0.1) is 0 Å². The predicted molar refractivity (Wildman–Crippen MR) is 141 cm³/mol. The summed E-state index contributed by atoms with van der Waals surface area (Å²) in [6.07, 6.45) is 1.59. The quantitative estimate of drug-likeness (QED) is 0.433. The van der Waals surface area contributed by atoms with Crippen LogP contribution in [0.25, 0.3) is 0 Å². The molecule has 0 radical (unpaired) electrons. The van der Waals surface area contributed by atoms with Crippen molar-refractivity contribution in [3.05, 3.63) is 34.9 Å². The summed E-state index contributed by atoms with van der Waals surface area (Å²) in [5, 5.41) is 5.85. The summed E-state index contributed by atoms with van der Waals surface area (Å²) >= 11 is 0. The molecule has 0 aliphatic carbocycles. The first-order valence-corrected chi connectivity index (χ1v) is 12.9. The topological polar surface area (TPSA) is 87.7 Å². The molecular weight excluding hydrogens is 442 g/mol. The smallest absolute Gasteiger partial charge is 0.408 e. The van der Waals surface area contributed by atoms with Crippen molar-refractivity contribution in [2.24, 2.45) is 5.92 Å². The predicted octanol–water partition coefficient (Wildman–Crippen LogP) is 5.44. The van der Waals surface area contributed by atoms with E-state index in [9.17, 15) is 14.4 Å². The lowest BCUT2D eigenvalue weighted by Crippen LogP contribution is -2.53. The lowest BCUT2D eigenvalue weighted by atomic mass is 9.96. The molecule has 0 bridgehead atoms. The van der Waals surface area contributed by atoms with Crippen LogP contribution in [0.2, 0.25) is 0 Å². The Balaban J connectivity index is 3.40. The third kappa shape index (κ3) is 9.90. The normalized spacial score (nSPS) is 14.1. The van der Waals surface area contributed by atoms with Crippen molar-refractivity contribution in [2.45, 2.75) is 112 Å². The van der Waals surface area contributed by atoms with Gasteiger partial charge in [-0.05, 0) is 83.9 Å². The number of hydrogen-bond acceptors (Lipinski definition) is 4. The van der Waals surface area contributed by atoms with Crippen LogP contribution in [0, 0.1) is 19.8 Å². The number of likely N-dealkylation sites (N-methyl/N-ethyl adjacent to an activating group) is 1. The van der Waals surface area contributed by atoms with E-state index in [1.54, 1.807) is 25.7 Å². The Morgan fingerprint density at radius 3 is 2.11 bits per heavy atom. The number of hydrogen-bond donors (Lipinski definition) is 2. The first-order chi connectivity index (χ1) is 16.2. The van der Waals surface area contributed by atoms with Gasteiger partial charge >= 0.3 is 6.09 Å². The third-order valence-electron chi connectivity index (χ3n) is 5.84. The number of ether oxygens (including phenoxy) is 1. The second-order valence-corrected chi connectivity index (χ2v) is 10.9. The molecule has 2 N–H and O–H groups in total. The molecular formula is C28H47N3O4. The van der Waals surface area contributed by atoms with Gasteiger partial charge in [-0.25, -0.2) is 4.79 Å². The number of rotatable bonds is 11. The van der Waals surface area contributed by atoms with Crippen molar-refractivity contribution >= 4 is 17.9 Å². The highest BCUT2D eigenvalue weighted by atomic mass is 16.6. The first kappa shape index (κ1) is 30.5. The molecule has 0 fully saturated rings. The summed E-state index contributed by atoms with van der Waals surface area (Å²) in [6.45, 7) is 19.6. The molecule has 7 nitrogen and oxygen atoms in total. The van der Waals surface area contributed by atoms with E-state index in [0.29, 0.717) is 13.0 Å². The third-order valence-corrected chi connectivity index (χ3v) is 5.84. The molecule has 3 unspecified atom stereocenters. The van der Waals surface area contributed by atoms with Gasteiger partial charge in [0.2, 0.25) is 11.8 Å². The fourth-order valence-corrected chi connectivity index (χ4v) is 4.04. The molecule has 0 heterocycles. The van der Waals surface area contributed by atoms with Crippen molar-refractivity contribution in [3.8, 4) is 0 Å². The van der Waals surface area contributed by atoms with E-state index < -0.39 is 23.8 Å². The van der Waals surface area contributed by atoms with Gasteiger partial charge in [-0.3, -0.25) is 9.59 Å². The van der Waals surface area contributed by atoms with Crippen LogP contribution in [0.3, 0.4) is 0 Å². The van der Waals surface area contributed by atoms with E-state index in [1.807, 2.05) is 59.7 Å². The average Bonchev–Trinajstić information content (AvgIpc) is 2.71. The van der Waals surface area contributed by atoms with Crippen LogP contribution >= 0.6 is 0 Å². The van der Waals surface area contributed by atoms with Crippen LogP contribution in [0.1, 0.15) is 97.4 Å². The van der Waals surface area contributed by atoms with Crippen LogP contribution < -0.4 is 10.6 Å². The van der Waals surface area contributed by atoms with Crippen LogP contribution in [0.4, 0.5) is 4.79 Å². The number of aryl methyl sites for hydroxylation is 2. The SMILES string of the molecule is CCCC(C)NC(=O)C(c1ccc(C)c(C)c1)N(CC)C(=O)C(CC(C)C)NC(=O)OC(C)(C)C. The number of alkyl carbamates (subject to hydrolysis) is 1. The Bertz CT molecular complexity index is 860. The zero-order valence-electron chi connectivity index (χ0n) is 23.5. The van der Waals surface area contributed by atoms with Crippen molar-refractivity contribution < 1.29 is 19.1 Å². The minimum Gasteiger partial charge on any atom is -0.444 e. The molecule has 3 amide bonds. The monoisotopic (exact) mass is 489 g/mol. The van der Waals surface area contributed by atoms with Crippen molar-refractivity contribution in [3.63, 3.8) is 0 Å². The summed E-state index contributed by atoms with van der Waals surface area (Å²) in [5.41, 5.74) is 2.24. The molecule has 3 atom stereocenters. The van der Waals surface area contributed by atoms with Crippen molar-refractivity contribution in [1.82, 2.24) is 15.5 Å². The van der Waals surface area contributed by atoms with Gasteiger partial charge in [-0.15, -0.1) is 0 Å². The maximum Gasteiger partial charge on any atom is 0.408 e. The highest BCUT2D eigenvalue weighted by Gasteiger charge is 2.36. The minimum atomic E-state index is -0.806. The molecule has 0 saturated heterocycles. The summed E-state index contributed by atoms with van der Waals surface area (Å²) in [4.78, 5) is 41.6. The summed E-state index contributed by atoms with van der Waals surface area (Å²) in [5.74, 6) is -0.366. The van der Waals surface area contributed by atoms with E-state index in [4.69, 9.17) is 4.74 Å². The van der Waals surface area contributed by atoms with E-state index >= 15 is 0 Å². The van der Waals surface area contributed by atoms with Gasteiger partial charge in [-0.2, -0.15) is 0 Å². The maximum atomic E-state index is 13.9. The Labute approximate surface area is 212 Å². The van der Waals surface area contributed by atoms with E-state index in [-0.39, 0.29) is 23.8 Å². The number of amides is 3. The molecule has 0 spiro atoms. The van der Waals surface area contributed by atoms with Crippen LogP contribution in [0.5, 0.6) is 0 Å².